The van der Waals surface area contributed by atoms with Crippen molar-refractivity contribution in [2.75, 3.05) is 11.5 Å². The molecule has 1 amide bonds. The third-order valence-electron chi connectivity index (χ3n) is 4.64. The van der Waals surface area contributed by atoms with Crippen molar-refractivity contribution in [2.24, 2.45) is 0 Å². The lowest BCUT2D eigenvalue weighted by molar-refractivity contribution is -0.123. The number of hydrogen-bond donors (Lipinski definition) is 0. The summed E-state index contributed by atoms with van der Waals surface area (Å²) in [4.78, 5) is 22.7. The highest BCUT2D eigenvalue weighted by Crippen LogP contribution is 2.31. The zero-order valence-electron chi connectivity index (χ0n) is 14.6. The van der Waals surface area contributed by atoms with Gasteiger partial charge in [0.05, 0.1) is 18.8 Å². The number of fused-ring (bicyclic) bond motifs is 1. The van der Waals surface area contributed by atoms with Gasteiger partial charge in [0.15, 0.2) is 0 Å². The number of aryl methyl sites for hydroxylation is 1. The summed E-state index contributed by atoms with van der Waals surface area (Å²) >= 11 is 0. The normalized spacial score (nSPS) is 14.0. The van der Waals surface area contributed by atoms with E-state index >= 15 is 0 Å². The molecule has 0 aliphatic carbocycles. The molecule has 0 atom stereocenters. The van der Waals surface area contributed by atoms with E-state index in [1.54, 1.807) is 12.4 Å². The highest BCUT2D eigenvalue weighted by Gasteiger charge is 2.24. The summed E-state index contributed by atoms with van der Waals surface area (Å²) in [5.41, 5.74) is 6.08. The number of nitrogens with zero attached hydrogens (tertiary/aromatic N) is 3. The van der Waals surface area contributed by atoms with Crippen LogP contribution in [0.5, 0.6) is 0 Å². The fraction of sp³-hybridized carbons (Fsp3) is 0.190. The van der Waals surface area contributed by atoms with Gasteiger partial charge in [-0.3, -0.25) is 4.79 Å². The monoisotopic (exact) mass is 345 g/mol. The molecular formula is C21H19N3O2. The molecule has 5 heteroatoms. The van der Waals surface area contributed by atoms with E-state index in [9.17, 15) is 4.79 Å². The van der Waals surface area contributed by atoms with Crippen LogP contribution in [0.2, 0.25) is 0 Å². The molecule has 0 fully saturated rings. The largest absolute Gasteiger partial charge is 0.367 e. The Bertz CT molecular complexity index is 941. The molecule has 0 saturated heterocycles. The number of ether oxygens (including phenoxy) is 1. The van der Waals surface area contributed by atoms with Gasteiger partial charge in [-0.25, -0.2) is 9.97 Å². The topological polar surface area (TPSA) is 55.3 Å². The Morgan fingerprint density at radius 1 is 1.04 bits per heavy atom. The van der Waals surface area contributed by atoms with Crippen molar-refractivity contribution in [3.8, 4) is 11.1 Å². The smallest absolute Gasteiger partial charge is 0.253 e. The molecule has 0 bridgehead atoms. The number of carbonyl (C=O) groups is 1. The van der Waals surface area contributed by atoms with Crippen LogP contribution in [-0.4, -0.2) is 22.5 Å². The lowest BCUT2D eigenvalue weighted by Crippen LogP contribution is -2.32. The minimum atomic E-state index is -0.0338. The van der Waals surface area contributed by atoms with Crippen LogP contribution in [0.1, 0.15) is 16.7 Å². The fourth-order valence-corrected chi connectivity index (χ4v) is 3.16. The predicted molar refractivity (Wildman–Crippen MR) is 99.5 cm³/mol. The molecule has 130 valence electrons. The second-order valence-electron chi connectivity index (χ2n) is 6.37. The van der Waals surface area contributed by atoms with E-state index < -0.39 is 0 Å². The predicted octanol–water partition coefficient (Wildman–Crippen LogP) is 3.52. The molecule has 0 unspecified atom stereocenters. The summed E-state index contributed by atoms with van der Waals surface area (Å²) in [7, 11) is 0. The molecule has 0 spiro atoms. The van der Waals surface area contributed by atoms with Gasteiger partial charge < -0.3 is 9.64 Å². The lowest BCUT2D eigenvalue weighted by Gasteiger charge is -2.24. The van der Waals surface area contributed by atoms with Gasteiger partial charge in [0.1, 0.15) is 12.9 Å². The molecule has 3 aromatic rings. The van der Waals surface area contributed by atoms with Crippen molar-refractivity contribution >= 4 is 11.6 Å². The molecule has 2 heterocycles. The standard InChI is InChI=1S/C21H19N3O2/c1-15-4-2-3-5-17(15)11-24-20-8-16(19-9-22-14-23-10-19)6-7-18(20)12-26-13-21(24)25/h2-10,14H,11-13H2,1H3. The molecule has 26 heavy (non-hydrogen) atoms. The van der Waals surface area contributed by atoms with Gasteiger partial charge in [0.25, 0.3) is 5.91 Å². The van der Waals surface area contributed by atoms with E-state index in [0.29, 0.717) is 13.2 Å². The molecule has 4 rings (SSSR count). The highest BCUT2D eigenvalue weighted by atomic mass is 16.5. The first-order valence-corrected chi connectivity index (χ1v) is 8.53. The molecule has 0 radical (unpaired) electrons. The van der Waals surface area contributed by atoms with Gasteiger partial charge >= 0.3 is 0 Å². The van der Waals surface area contributed by atoms with Crippen molar-refractivity contribution in [1.29, 1.82) is 0 Å². The van der Waals surface area contributed by atoms with E-state index in [1.807, 2.05) is 35.2 Å². The number of aromatic nitrogens is 2. The van der Waals surface area contributed by atoms with E-state index in [1.165, 1.54) is 11.9 Å². The molecule has 0 N–H and O–H groups in total. The average molecular weight is 345 g/mol. The molecule has 1 aliphatic heterocycles. The van der Waals surface area contributed by atoms with Crippen LogP contribution in [0.3, 0.4) is 0 Å². The third kappa shape index (κ3) is 3.21. The first-order chi connectivity index (χ1) is 12.7. The molecule has 0 saturated carbocycles. The highest BCUT2D eigenvalue weighted by molar-refractivity contribution is 5.96. The summed E-state index contributed by atoms with van der Waals surface area (Å²) in [6.07, 6.45) is 5.06. The first-order valence-electron chi connectivity index (χ1n) is 8.53. The minimum absolute atomic E-state index is 0.0338. The summed E-state index contributed by atoms with van der Waals surface area (Å²) < 4.78 is 5.56. The maximum atomic E-state index is 12.7. The average Bonchev–Trinajstić information content (AvgIpc) is 2.83. The van der Waals surface area contributed by atoms with Gasteiger partial charge in [0, 0.05) is 23.5 Å². The second kappa shape index (κ2) is 7.06. The van der Waals surface area contributed by atoms with Crippen molar-refractivity contribution in [3.63, 3.8) is 0 Å². The summed E-state index contributed by atoms with van der Waals surface area (Å²) in [6, 6.07) is 14.2. The third-order valence-corrected chi connectivity index (χ3v) is 4.64. The maximum Gasteiger partial charge on any atom is 0.253 e. The van der Waals surface area contributed by atoms with Crippen molar-refractivity contribution < 1.29 is 9.53 Å². The van der Waals surface area contributed by atoms with Gasteiger partial charge in [-0.05, 0) is 29.7 Å². The quantitative estimate of drug-likeness (QED) is 0.729. The van der Waals surface area contributed by atoms with E-state index in [0.717, 1.165) is 27.9 Å². The van der Waals surface area contributed by atoms with Crippen LogP contribution in [0.4, 0.5) is 5.69 Å². The van der Waals surface area contributed by atoms with Crippen LogP contribution in [0, 0.1) is 6.92 Å². The zero-order valence-corrected chi connectivity index (χ0v) is 14.6. The van der Waals surface area contributed by atoms with E-state index in [2.05, 4.69) is 29.0 Å². The molecule has 5 nitrogen and oxygen atoms in total. The van der Waals surface area contributed by atoms with Crippen LogP contribution < -0.4 is 4.90 Å². The first kappa shape index (κ1) is 16.4. The SMILES string of the molecule is Cc1ccccc1CN1C(=O)COCc2ccc(-c3cncnc3)cc21. The van der Waals surface area contributed by atoms with Crippen LogP contribution in [-0.2, 0) is 22.7 Å². The number of carbonyl (C=O) groups excluding carboxylic acids is 1. The van der Waals surface area contributed by atoms with Crippen molar-refractivity contribution in [3.05, 3.63) is 77.9 Å². The zero-order chi connectivity index (χ0) is 17.9. The Morgan fingerprint density at radius 3 is 2.65 bits per heavy atom. The van der Waals surface area contributed by atoms with Crippen LogP contribution in [0.15, 0.2) is 61.2 Å². The number of rotatable bonds is 3. The van der Waals surface area contributed by atoms with Gasteiger partial charge in [-0.15, -0.1) is 0 Å². The van der Waals surface area contributed by atoms with Gasteiger partial charge in [-0.1, -0.05) is 36.4 Å². The molecule has 1 aliphatic rings. The number of benzene rings is 2. The number of anilines is 1. The lowest BCUT2D eigenvalue weighted by atomic mass is 10.0. The molecule has 1 aromatic heterocycles. The molecular weight excluding hydrogens is 326 g/mol. The van der Waals surface area contributed by atoms with Gasteiger partial charge in [-0.2, -0.15) is 0 Å². The van der Waals surface area contributed by atoms with Crippen molar-refractivity contribution in [2.45, 2.75) is 20.1 Å². The Kier molecular flexibility index (Phi) is 4.46. The number of hydrogen-bond acceptors (Lipinski definition) is 4. The number of amides is 1. The minimum Gasteiger partial charge on any atom is -0.367 e. The van der Waals surface area contributed by atoms with Gasteiger partial charge in [0.2, 0.25) is 0 Å². The van der Waals surface area contributed by atoms with Crippen LogP contribution >= 0.6 is 0 Å². The summed E-state index contributed by atoms with van der Waals surface area (Å²) in [6.45, 7) is 3.10. The Hall–Kier alpha value is -3.05. The maximum absolute atomic E-state index is 12.7. The van der Waals surface area contributed by atoms with Crippen LogP contribution in [0.25, 0.3) is 11.1 Å². The van der Waals surface area contributed by atoms with E-state index in [4.69, 9.17) is 4.74 Å². The second-order valence-corrected chi connectivity index (χ2v) is 6.37. The Morgan fingerprint density at radius 2 is 1.85 bits per heavy atom. The molecule has 2 aromatic carbocycles. The fourth-order valence-electron chi connectivity index (χ4n) is 3.16. The summed E-state index contributed by atoms with van der Waals surface area (Å²) in [5, 5.41) is 0. The summed E-state index contributed by atoms with van der Waals surface area (Å²) in [5.74, 6) is -0.0338. The Labute approximate surface area is 152 Å². The Balaban J connectivity index is 1.77. The van der Waals surface area contributed by atoms with Crippen molar-refractivity contribution in [1.82, 2.24) is 9.97 Å². The van der Waals surface area contributed by atoms with E-state index in [-0.39, 0.29) is 12.5 Å².